The molecule has 1 aliphatic carbocycles. The summed E-state index contributed by atoms with van der Waals surface area (Å²) in [6.07, 6.45) is 3.55. The van der Waals surface area contributed by atoms with Gasteiger partial charge in [-0.05, 0) is 33.1 Å². The zero-order valence-electron chi connectivity index (χ0n) is 10.7. The lowest BCUT2D eigenvalue weighted by molar-refractivity contribution is -0.124. The summed E-state index contributed by atoms with van der Waals surface area (Å²) < 4.78 is 22.0. The molecule has 2 unspecified atom stereocenters. The van der Waals surface area contributed by atoms with E-state index in [4.69, 9.17) is 5.73 Å². The fourth-order valence-electron chi connectivity index (χ4n) is 1.83. The molecule has 100 valence electrons. The van der Waals surface area contributed by atoms with Crippen molar-refractivity contribution in [2.75, 3.05) is 12.8 Å². The normalized spacial score (nSPS) is 25.9. The van der Waals surface area contributed by atoms with Gasteiger partial charge in [-0.1, -0.05) is 0 Å². The fraction of sp³-hybridized carbons (Fsp3) is 0.909. The van der Waals surface area contributed by atoms with Crippen LogP contribution in [0.1, 0.15) is 33.1 Å². The van der Waals surface area contributed by atoms with Gasteiger partial charge in [0.1, 0.15) is 0 Å². The molecule has 1 aliphatic rings. The van der Waals surface area contributed by atoms with Gasteiger partial charge in [-0.3, -0.25) is 4.79 Å². The van der Waals surface area contributed by atoms with Gasteiger partial charge in [0.25, 0.3) is 0 Å². The zero-order valence-corrected chi connectivity index (χ0v) is 11.5. The number of nitrogens with one attached hydrogen (secondary N) is 1. The first kappa shape index (κ1) is 14.4. The molecule has 0 aliphatic heterocycles. The highest BCUT2D eigenvalue weighted by Gasteiger charge is 2.33. The molecule has 1 saturated carbocycles. The van der Waals surface area contributed by atoms with E-state index in [0.29, 0.717) is 6.42 Å². The first-order valence-corrected chi connectivity index (χ1v) is 7.75. The monoisotopic (exact) mass is 262 g/mol. The number of sulfone groups is 1. The second-order valence-electron chi connectivity index (χ2n) is 5.52. The van der Waals surface area contributed by atoms with Gasteiger partial charge in [0.15, 0.2) is 9.84 Å². The van der Waals surface area contributed by atoms with Gasteiger partial charge in [-0.2, -0.15) is 0 Å². The summed E-state index contributed by atoms with van der Waals surface area (Å²) in [7, 11) is -3.17. The maximum absolute atomic E-state index is 11.8. The summed E-state index contributed by atoms with van der Waals surface area (Å²) in [5.41, 5.74) is 5.74. The number of hydrogen-bond acceptors (Lipinski definition) is 4. The number of amides is 1. The summed E-state index contributed by atoms with van der Waals surface area (Å²) >= 11 is 0. The molecule has 0 aromatic rings. The van der Waals surface area contributed by atoms with Crippen molar-refractivity contribution in [3.05, 3.63) is 0 Å². The van der Waals surface area contributed by atoms with Crippen molar-refractivity contribution in [3.63, 3.8) is 0 Å². The van der Waals surface area contributed by atoms with Crippen molar-refractivity contribution >= 4 is 15.7 Å². The van der Waals surface area contributed by atoms with Crippen LogP contribution in [0.2, 0.25) is 0 Å². The highest BCUT2D eigenvalue weighted by molar-refractivity contribution is 7.92. The lowest BCUT2D eigenvalue weighted by Crippen LogP contribution is -2.45. The van der Waals surface area contributed by atoms with Gasteiger partial charge in [0.2, 0.25) is 5.91 Å². The smallest absolute Gasteiger partial charge is 0.223 e. The van der Waals surface area contributed by atoms with Crippen LogP contribution in [-0.2, 0) is 14.6 Å². The van der Waals surface area contributed by atoms with Crippen LogP contribution >= 0.6 is 0 Å². The van der Waals surface area contributed by atoms with Crippen LogP contribution in [0.25, 0.3) is 0 Å². The Morgan fingerprint density at radius 2 is 2.00 bits per heavy atom. The Morgan fingerprint density at radius 3 is 2.41 bits per heavy atom. The number of hydrogen-bond donors (Lipinski definition) is 2. The fourth-order valence-corrected chi connectivity index (χ4v) is 2.16. The molecule has 5 nitrogen and oxygen atoms in total. The quantitative estimate of drug-likeness (QED) is 0.749. The minimum atomic E-state index is -3.17. The molecular weight excluding hydrogens is 240 g/mol. The second-order valence-corrected chi connectivity index (χ2v) is 8.17. The van der Waals surface area contributed by atoms with Crippen molar-refractivity contribution in [2.45, 2.75) is 43.9 Å². The Balaban J connectivity index is 2.49. The molecule has 1 fully saturated rings. The first-order valence-electron chi connectivity index (χ1n) is 5.86. The number of nitrogens with two attached hydrogens (primary N) is 1. The lowest BCUT2D eigenvalue weighted by atomic mass is 10.1. The predicted octanol–water partition coefficient (Wildman–Crippen LogP) is 0.0532. The van der Waals surface area contributed by atoms with Crippen LogP contribution in [0.15, 0.2) is 0 Å². The summed E-state index contributed by atoms with van der Waals surface area (Å²) in [5.74, 6) is -0.130. The molecule has 0 spiro atoms. The van der Waals surface area contributed by atoms with E-state index < -0.39 is 14.6 Å². The Labute approximate surface area is 103 Å². The van der Waals surface area contributed by atoms with Gasteiger partial charge in [-0.25, -0.2) is 8.42 Å². The molecule has 0 bridgehead atoms. The summed E-state index contributed by atoms with van der Waals surface area (Å²) in [6, 6.07) is 0.105. The standard InChI is InChI=1S/C11H22N2O3S/c1-11(2,17(3,15)16)7-13-10(14)8-4-5-9(12)6-8/h8-9H,4-7,12H2,1-3H3,(H,13,14). The molecule has 0 heterocycles. The molecule has 0 aromatic heterocycles. The third kappa shape index (κ3) is 3.67. The maximum atomic E-state index is 11.8. The van der Waals surface area contributed by atoms with Crippen LogP contribution in [-0.4, -0.2) is 37.9 Å². The molecule has 6 heteroatoms. The first-order chi connectivity index (χ1) is 7.63. The maximum Gasteiger partial charge on any atom is 0.223 e. The van der Waals surface area contributed by atoms with Gasteiger partial charge >= 0.3 is 0 Å². The summed E-state index contributed by atoms with van der Waals surface area (Å²) in [4.78, 5) is 11.8. The highest BCUT2D eigenvalue weighted by atomic mass is 32.2. The van der Waals surface area contributed by atoms with Crippen LogP contribution < -0.4 is 11.1 Å². The van der Waals surface area contributed by atoms with E-state index in [1.54, 1.807) is 13.8 Å². The molecule has 0 saturated heterocycles. The van der Waals surface area contributed by atoms with Gasteiger partial charge < -0.3 is 11.1 Å². The van der Waals surface area contributed by atoms with E-state index in [1.165, 1.54) is 6.26 Å². The Hall–Kier alpha value is -0.620. The van der Waals surface area contributed by atoms with E-state index in [9.17, 15) is 13.2 Å². The molecule has 0 radical (unpaired) electrons. The van der Waals surface area contributed by atoms with Crippen molar-refractivity contribution in [3.8, 4) is 0 Å². The van der Waals surface area contributed by atoms with Crippen molar-refractivity contribution in [2.24, 2.45) is 11.7 Å². The Kier molecular flexibility index (Phi) is 4.19. The average Bonchev–Trinajstić information content (AvgIpc) is 2.59. The van der Waals surface area contributed by atoms with Crippen molar-refractivity contribution in [1.29, 1.82) is 0 Å². The third-order valence-electron chi connectivity index (χ3n) is 3.54. The van der Waals surface area contributed by atoms with Crippen molar-refractivity contribution < 1.29 is 13.2 Å². The Morgan fingerprint density at radius 1 is 1.41 bits per heavy atom. The molecule has 1 rings (SSSR count). The average molecular weight is 262 g/mol. The minimum absolute atomic E-state index is 0.0552. The molecule has 17 heavy (non-hydrogen) atoms. The zero-order chi connectivity index (χ0) is 13.3. The molecule has 3 N–H and O–H groups in total. The minimum Gasteiger partial charge on any atom is -0.354 e. The van der Waals surface area contributed by atoms with E-state index in [-0.39, 0.29) is 24.4 Å². The van der Waals surface area contributed by atoms with Crippen LogP contribution in [0.5, 0.6) is 0 Å². The van der Waals surface area contributed by atoms with E-state index >= 15 is 0 Å². The highest BCUT2D eigenvalue weighted by Crippen LogP contribution is 2.24. The van der Waals surface area contributed by atoms with Crippen molar-refractivity contribution in [1.82, 2.24) is 5.32 Å². The number of carbonyl (C=O) groups excluding carboxylic acids is 1. The van der Waals surface area contributed by atoms with Crippen LogP contribution in [0, 0.1) is 5.92 Å². The molecule has 0 aromatic carbocycles. The molecule has 1 amide bonds. The summed E-state index contributed by atoms with van der Waals surface area (Å²) in [5, 5.41) is 2.72. The Bertz CT molecular complexity index is 390. The van der Waals surface area contributed by atoms with Gasteiger partial charge in [-0.15, -0.1) is 0 Å². The largest absolute Gasteiger partial charge is 0.354 e. The summed E-state index contributed by atoms with van der Waals surface area (Å²) in [6.45, 7) is 3.38. The molecule has 2 atom stereocenters. The number of rotatable bonds is 4. The van der Waals surface area contributed by atoms with Crippen LogP contribution in [0.3, 0.4) is 0 Å². The van der Waals surface area contributed by atoms with E-state index in [1.807, 2.05) is 0 Å². The topological polar surface area (TPSA) is 89.3 Å². The third-order valence-corrected chi connectivity index (χ3v) is 5.69. The van der Waals surface area contributed by atoms with E-state index in [0.717, 1.165) is 12.8 Å². The SMILES string of the molecule is CC(C)(CNC(=O)C1CCC(N)C1)S(C)(=O)=O. The predicted molar refractivity (Wildman–Crippen MR) is 67.2 cm³/mol. The van der Waals surface area contributed by atoms with E-state index in [2.05, 4.69) is 5.32 Å². The van der Waals surface area contributed by atoms with Gasteiger partial charge in [0, 0.05) is 24.8 Å². The number of carbonyl (C=O) groups is 1. The molecular formula is C11H22N2O3S. The van der Waals surface area contributed by atoms with Gasteiger partial charge in [0.05, 0.1) is 4.75 Å². The second kappa shape index (κ2) is 4.94. The lowest BCUT2D eigenvalue weighted by Gasteiger charge is -2.23. The van der Waals surface area contributed by atoms with Crippen LogP contribution in [0.4, 0.5) is 0 Å².